The van der Waals surface area contributed by atoms with Crippen LogP contribution in [0.2, 0.25) is 0 Å². The average Bonchev–Trinajstić information content (AvgIpc) is 2.32. The highest BCUT2D eigenvalue weighted by Gasteiger charge is 2.48. The smallest absolute Gasteiger partial charge is 0.334 e. The second-order valence-electron chi connectivity index (χ2n) is 5.26. The summed E-state index contributed by atoms with van der Waals surface area (Å²) in [7, 11) is 0. The Kier molecular flexibility index (Phi) is 5.35. The van der Waals surface area contributed by atoms with Crippen LogP contribution in [0.3, 0.4) is 0 Å². The highest BCUT2D eigenvalue weighted by Crippen LogP contribution is 2.42. The van der Waals surface area contributed by atoms with Crippen molar-refractivity contribution in [2.24, 2.45) is 5.41 Å². The maximum atomic E-state index is 11.4. The molecular weight excluding hydrogens is 230 g/mol. The van der Waals surface area contributed by atoms with Gasteiger partial charge in [-0.05, 0) is 20.3 Å². The van der Waals surface area contributed by atoms with Crippen LogP contribution < -0.4 is 5.32 Å². The van der Waals surface area contributed by atoms with Crippen LogP contribution in [-0.2, 0) is 14.3 Å². The van der Waals surface area contributed by atoms with Crippen LogP contribution in [0.4, 0.5) is 0 Å². The van der Waals surface area contributed by atoms with E-state index in [9.17, 15) is 4.79 Å². The second-order valence-corrected chi connectivity index (χ2v) is 5.26. The molecule has 0 aromatic carbocycles. The van der Waals surface area contributed by atoms with E-state index in [-0.39, 0.29) is 11.4 Å². The van der Waals surface area contributed by atoms with Crippen molar-refractivity contribution < 1.29 is 14.3 Å². The molecule has 2 unspecified atom stereocenters. The minimum absolute atomic E-state index is 0.102. The molecule has 0 aliphatic heterocycles. The van der Waals surface area contributed by atoms with Crippen molar-refractivity contribution in [3.8, 4) is 0 Å². The van der Waals surface area contributed by atoms with Crippen molar-refractivity contribution in [1.82, 2.24) is 5.32 Å². The molecule has 1 N–H and O–H groups in total. The molecule has 0 heterocycles. The van der Waals surface area contributed by atoms with E-state index in [4.69, 9.17) is 9.47 Å². The van der Waals surface area contributed by atoms with Crippen molar-refractivity contribution in [2.45, 2.75) is 46.3 Å². The van der Waals surface area contributed by atoms with Gasteiger partial charge in [0.1, 0.15) is 0 Å². The molecule has 1 saturated carbocycles. The zero-order valence-electron chi connectivity index (χ0n) is 11.9. The van der Waals surface area contributed by atoms with Crippen LogP contribution in [0.1, 0.15) is 34.1 Å². The van der Waals surface area contributed by atoms with Crippen molar-refractivity contribution >= 4 is 5.97 Å². The van der Waals surface area contributed by atoms with Gasteiger partial charge >= 0.3 is 5.97 Å². The van der Waals surface area contributed by atoms with Gasteiger partial charge in [-0.25, -0.2) is 4.79 Å². The zero-order chi connectivity index (χ0) is 13.8. The van der Waals surface area contributed by atoms with E-state index in [0.29, 0.717) is 30.9 Å². The highest BCUT2D eigenvalue weighted by molar-refractivity contribution is 5.88. The van der Waals surface area contributed by atoms with Gasteiger partial charge in [0, 0.05) is 30.2 Å². The number of hydrogen-bond acceptors (Lipinski definition) is 4. The molecule has 2 atom stereocenters. The predicted octanol–water partition coefficient (Wildman–Crippen LogP) is 1.90. The van der Waals surface area contributed by atoms with Gasteiger partial charge in [-0.1, -0.05) is 20.4 Å². The summed E-state index contributed by atoms with van der Waals surface area (Å²) in [6.45, 7) is 13.5. The molecule has 0 radical (unpaired) electrons. The lowest BCUT2D eigenvalue weighted by atomic mass is 9.64. The quantitative estimate of drug-likeness (QED) is 0.557. The monoisotopic (exact) mass is 255 g/mol. The summed E-state index contributed by atoms with van der Waals surface area (Å²) in [6, 6.07) is 0.361. The maximum absolute atomic E-state index is 11.4. The number of carbonyl (C=O) groups is 1. The van der Waals surface area contributed by atoms with E-state index in [1.807, 2.05) is 6.92 Å². The lowest BCUT2D eigenvalue weighted by molar-refractivity contribution is -0.138. The molecule has 0 bridgehead atoms. The topological polar surface area (TPSA) is 47.6 Å². The minimum atomic E-state index is -0.316. The Balaban J connectivity index is 2.33. The summed E-state index contributed by atoms with van der Waals surface area (Å²) in [5.74, 6) is -0.316. The van der Waals surface area contributed by atoms with Crippen molar-refractivity contribution in [3.05, 3.63) is 12.2 Å². The summed E-state index contributed by atoms with van der Waals surface area (Å²) >= 11 is 0. The van der Waals surface area contributed by atoms with Crippen molar-refractivity contribution in [2.75, 3.05) is 19.8 Å². The molecule has 1 aliphatic carbocycles. The van der Waals surface area contributed by atoms with Crippen LogP contribution >= 0.6 is 0 Å². The first-order chi connectivity index (χ1) is 8.43. The molecule has 0 amide bonds. The minimum Gasteiger partial charge on any atom is -0.463 e. The molecule has 4 nitrogen and oxygen atoms in total. The van der Waals surface area contributed by atoms with Gasteiger partial charge in [0.15, 0.2) is 0 Å². The predicted molar refractivity (Wildman–Crippen MR) is 71.4 cm³/mol. The largest absolute Gasteiger partial charge is 0.463 e. The molecule has 1 aliphatic rings. The van der Waals surface area contributed by atoms with E-state index in [1.54, 1.807) is 6.92 Å². The van der Waals surface area contributed by atoms with E-state index >= 15 is 0 Å². The SMILES string of the molecule is C=C(CNC1CC(OCC)C1(C)C)C(=O)OCC. The van der Waals surface area contributed by atoms with Crippen LogP contribution in [0, 0.1) is 5.41 Å². The van der Waals surface area contributed by atoms with Crippen molar-refractivity contribution in [3.63, 3.8) is 0 Å². The summed E-state index contributed by atoms with van der Waals surface area (Å²) < 4.78 is 10.6. The van der Waals surface area contributed by atoms with Gasteiger partial charge in [-0.2, -0.15) is 0 Å². The van der Waals surface area contributed by atoms with Crippen LogP contribution in [0.25, 0.3) is 0 Å². The first kappa shape index (κ1) is 15.2. The molecule has 1 fully saturated rings. The van der Waals surface area contributed by atoms with Crippen molar-refractivity contribution in [1.29, 1.82) is 0 Å². The Morgan fingerprint density at radius 3 is 2.56 bits per heavy atom. The van der Waals surface area contributed by atoms with Gasteiger partial charge in [-0.15, -0.1) is 0 Å². The number of carbonyl (C=O) groups excluding carboxylic acids is 1. The second kappa shape index (κ2) is 6.34. The van der Waals surface area contributed by atoms with Gasteiger partial charge in [0.25, 0.3) is 0 Å². The number of nitrogens with one attached hydrogen (secondary N) is 1. The van der Waals surface area contributed by atoms with Gasteiger partial charge < -0.3 is 14.8 Å². The van der Waals surface area contributed by atoms with Crippen LogP contribution in [0.15, 0.2) is 12.2 Å². The number of esters is 1. The fraction of sp³-hybridized carbons (Fsp3) is 0.786. The maximum Gasteiger partial charge on any atom is 0.334 e. The number of ether oxygens (including phenoxy) is 2. The molecular formula is C14H25NO3. The van der Waals surface area contributed by atoms with E-state index < -0.39 is 0 Å². The van der Waals surface area contributed by atoms with Gasteiger partial charge in [0.2, 0.25) is 0 Å². The van der Waals surface area contributed by atoms with Gasteiger partial charge in [0.05, 0.1) is 12.7 Å². The zero-order valence-corrected chi connectivity index (χ0v) is 11.9. The standard InChI is InChI=1S/C14H25NO3/c1-6-17-12-8-11(14(12,4)5)15-9-10(3)13(16)18-7-2/h11-12,15H,3,6-9H2,1-2,4-5H3. The first-order valence-electron chi connectivity index (χ1n) is 6.63. The number of hydrogen-bond donors (Lipinski definition) is 1. The Morgan fingerprint density at radius 1 is 1.39 bits per heavy atom. The summed E-state index contributed by atoms with van der Waals surface area (Å²) in [4.78, 5) is 11.4. The molecule has 104 valence electrons. The summed E-state index contributed by atoms with van der Waals surface area (Å²) in [6.07, 6.45) is 1.28. The molecule has 1 rings (SSSR count). The highest BCUT2D eigenvalue weighted by atomic mass is 16.5. The third-order valence-corrected chi connectivity index (χ3v) is 3.67. The van der Waals surface area contributed by atoms with E-state index in [2.05, 4.69) is 25.7 Å². The first-order valence-corrected chi connectivity index (χ1v) is 6.63. The Labute approximate surface area is 110 Å². The molecule has 0 aromatic rings. The Morgan fingerprint density at radius 2 is 2.06 bits per heavy atom. The van der Waals surface area contributed by atoms with E-state index in [1.165, 1.54) is 0 Å². The van der Waals surface area contributed by atoms with Crippen LogP contribution in [-0.4, -0.2) is 37.9 Å². The lowest BCUT2D eigenvalue weighted by Crippen LogP contribution is -2.61. The Hall–Kier alpha value is -0.870. The van der Waals surface area contributed by atoms with Crippen LogP contribution in [0.5, 0.6) is 0 Å². The van der Waals surface area contributed by atoms with E-state index in [0.717, 1.165) is 13.0 Å². The fourth-order valence-electron chi connectivity index (χ4n) is 2.27. The van der Waals surface area contributed by atoms with Gasteiger partial charge in [-0.3, -0.25) is 0 Å². The number of rotatable bonds is 7. The summed E-state index contributed by atoms with van der Waals surface area (Å²) in [5.41, 5.74) is 0.581. The fourth-order valence-corrected chi connectivity index (χ4v) is 2.27. The molecule has 0 spiro atoms. The lowest BCUT2D eigenvalue weighted by Gasteiger charge is -2.52. The average molecular weight is 255 g/mol. The summed E-state index contributed by atoms with van der Waals surface area (Å²) in [5, 5.41) is 3.36. The molecule has 18 heavy (non-hydrogen) atoms. The molecule has 0 saturated heterocycles. The molecule has 4 heteroatoms. The normalized spacial score (nSPS) is 25.3. The third kappa shape index (κ3) is 3.33. The third-order valence-electron chi connectivity index (χ3n) is 3.67. The Bertz CT molecular complexity index is 312. The molecule has 0 aromatic heterocycles.